The van der Waals surface area contributed by atoms with E-state index in [1.807, 2.05) is 50.4 Å². The fourth-order valence-electron chi connectivity index (χ4n) is 1.79. The molecule has 0 bridgehead atoms. The van der Waals surface area contributed by atoms with Crippen molar-refractivity contribution in [2.45, 2.75) is 33.0 Å². The second kappa shape index (κ2) is 5.95. The van der Waals surface area contributed by atoms with E-state index in [9.17, 15) is 5.11 Å². The molecule has 0 aliphatic heterocycles. The number of hydrogen-bond acceptors (Lipinski definition) is 3. The Balaban J connectivity index is 2.20. The van der Waals surface area contributed by atoms with Gasteiger partial charge in [-0.2, -0.15) is 0 Å². The number of aliphatic hydroxyl groups excluding tert-OH is 1. The lowest BCUT2D eigenvalue weighted by molar-refractivity contribution is 0.223. The van der Waals surface area contributed by atoms with E-state index in [1.54, 1.807) is 0 Å². The van der Waals surface area contributed by atoms with Crippen LogP contribution in [0, 0.1) is 6.92 Å². The van der Waals surface area contributed by atoms with Gasteiger partial charge in [-0.05, 0) is 49.4 Å². The van der Waals surface area contributed by atoms with E-state index < -0.39 is 6.10 Å². The summed E-state index contributed by atoms with van der Waals surface area (Å²) in [6.07, 6.45) is -0.538. The summed E-state index contributed by atoms with van der Waals surface area (Å²) in [4.78, 5) is 0.789. The number of rotatable bonds is 4. The van der Waals surface area contributed by atoms with Crippen molar-refractivity contribution in [1.82, 2.24) is 0 Å². The smallest absolute Gasteiger partial charge is 0.119 e. The van der Waals surface area contributed by atoms with Crippen molar-refractivity contribution < 1.29 is 9.84 Å². The first-order valence-electron chi connectivity index (χ1n) is 6.17. The van der Waals surface area contributed by atoms with Gasteiger partial charge in [0.05, 0.1) is 16.0 Å². The number of benzene rings is 1. The van der Waals surface area contributed by atoms with Gasteiger partial charge in [-0.1, -0.05) is 23.7 Å². The normalized spacial score (nSPS) is 12.7. The lowest BCUT2D eigenvalue weighted by Gasteiger charge is -2.13. The lowest BCUT2D eigenvalue weighted by atomic mass is 10.1. The number of aliphatic hydroxyl groups is 1. The van der Waals surface area contributed by atoms with Crippen LogP contribution in [0.1, 0.15) is 36.0 Å². The molecule has 1 heterocycles. The quantitative estimate of drug-likeness (QED) is 0.895. The Morgan fingerprint density at radius 3 is 2.32 bits per heavy atom. The third-order valence-electron chi connectivity index (χ3n) is 2.74. The molecule has 1 atom stereocenters. The van der Waals surface area contributed by atoms with E-state index in [0.717, 1.165) is 21.8 Å². The van der Waals surface area contributed by atoms with Crippen molar-refractivity contribution in [1.29, 1.82) is 0 Å². The van der Waals surface area contributed by atoms with Crippen LogP contribution < -0.4 is 4.74 Å². The summed E-state index contributed by atoms with van der Waals surface area (Å²) >= 11 is 7.66. The van der Waals surface area contributed by atoms with Crippen LogP contribution >= 0.6 is 22.9 Å². The molecule has 0 aliphatic rings. The number of thiophene rings is 1. The highest BCUT2D eigenvalue weighted by Gasteiger charge is 2.17. The molecule has 1 aromatic carbocycles. The second-order valence-electron chi connectivity index (χ2n) is 4.74. The third kappa shape index (κ3) is 3.30. The standard InChI is InChI=1S/C15H17ClO2S/c1-9(2)18-12-6-4-11(5-7-12)14(17)15-13(16)10(3)8-19-15/h4-9,14,17H,1-3H3. The first-order valence-corrected chi connectivity index (χ1v) is 7.43. The molecule has 0 radical (unpaired) electrons. The highest BCUT2D eigenvalue weighted by atomic mass is 35.5. The maximum Gasteiger partial charge on any atom is 0.119 e. The van der Waals surface area contributed by atoms with E-state index in [4.69, 9.17) is 16.3 Å². The summed E-state index contributed by atoms with van der Waals surface area (Å²) in [6, 6.07) is 7.47. The van der Waals surface area contributed by atoms with Gasteiger partial charge in [0, 0.05) is 0 Å². The molecule has 0 aliphatic carbocycles. The van der Waals surface area contributed by atoms with Crippen LogP contribution in [-0.2, 0) is 0 Å². The maximum atomic E-state index is 10.3. The van der Waals surface area contributed by atoms with E-state index in [1.165, 1.54) is 11.3 Å². The van der Waals surface area contributed by atoms with Crippen LogP contribution in [-0.4, -0.2) is 11.2 Å². The van der Waals surface area contributed by atoms with Crippen LogP contribution in [0.25, 0.3) is 0 Å². The third-order valence-corrected chi connectivity index (χ3v) is 4.51. The van der Waals surface area contributed by atoms with E-state index in [0.29, 0.717) is 5.02 Å². The highest BCUT2D eigenvalue weighted by molar-refractivity contribution is 7.10. The molecule has 1 N–H and O–H groups in total. The van der Waals surface area contributed by atoms with Crippen LogP contribution in [0.3, 0.4) is 0 Å². The summed E-state index contributed by atoms with van der Waals surface area (Å²) in [5, 5.41) is 13.0. The first-order chi connectivity index (χ1) is 8.99. The minimum Gasteiger partial charge on any atom is -0.491 e. The van der Waals surface area contributed by atoms with Gasteiger partial charge in [0.15, 0.2) is 0 Å². The first kappa shape index (κ1) is 14.4. The fourth-order valence-corrected chi connectivity index (χ4v) is 3.09. The minimum atomic E-state index is -0.681. The summed E-state index contributed by atoms with van der Waals surface area (Å²) in [6.45, 7) is 5.91. The Bertz CT molecular complexity index is 546. The molecule has 2 nitrogen and oxygen atoms in total. The summed E-state index contributed by atoms with van der Waals surface area (Å²) < 4.78 is 5.58. The van der Waals surface area contributed by atoms with Crippen molar-refractivity contribution in [3.05, 3.63) is 50.7 Å². The molecule has 4 heteroatoms. The molecule has 0 amide bonds. The molecule has 1 aromatic heterocycles. The molecule has 0 fully saturated rings. The Labute approximate surface area is 122 Å². The van der Waals surface area contributed by atoms with Crippen LogP contribution in [0.4, 0.5) is 0 Å². The topological polar surface area (TPSA) is 29.5 Å². The van der Waals surface area contributed by atoms with E-state index >= 15 is 0 Å². The van der Waals surface area contributed by atoms with Crippen molar-refractivity contribution in [2.24, 2.45) is 0 Å². The van der Waals surface area contributed by atoms with Crippen LogP contribution in [0.2, 0.25) is 5.02 Å². The van der Waals surface area contributed by atoms with Gasteiger partial charge in [0.25, 0.3) is 0 Å². The minimum absolute atomic E-state index is 0.144. The fraction of sp³-hybridized carbons (Fsp3) is 0.333. The van der Waals surface area contributed by atoms with Crippen molar-refractivity contribution in [3.63, 3.8) is 0 Å². The Kier molecular flexibility index (Phi) is 4.50. The molecule has 102 valence electrons. The predicted molar refractivity (Wildman–Crippen MR) is 80.3 cm³/mol. The zero-order valence-electron chi connectivity index (χ0n) is 11.2. The van der Waals surface area contributed by atoms with Crippen molar-refractivity contribution in [3.8, 4) is 5.75 Å². The van der Waals surface area contributed by atoms with Gasteiger partial charge in [-0.25, -0.2) is 0 Å². The monoisotopic (exact) mass is 296 g/mol. The lowest BCUT2D eigenvalue weighted by Crippen LogP contribution is -2.05. The van der Waals surface area contributed by atoms with Gasteiger partial charge < -0.3 is 9.84 Å². The summed E-state index contributed by atoms with van der Waals surface area (Å²) in [7, 11) is 0. The van der Waals surface area contributed by atoms with Gasteiger partial charge in [-0.3, -0.25) is 0 Å². The highest BCUT2D eigenvalue weighted by Crippen LogP contribution is 2.35. The molecule has 1 unspecified atom stereocenters. The molecule has 2 aromatic rings. The SMILES string of the molecule is Cc1csc(C(O)c2ccc(OC(C)C)cc2)c1Cl. The van der Waals surface area contributed by atoms with Gasteiger partial charge in [0.1, 0.15) is 11.9 Å². The number of hydrogen-bond donors (Lipinski definition) is 1. The number of ether oxygens (including phenoxy) is 1. The van der Waals surface area contributed by atoms with E-state index in [2.05, 4.69) is 0 Å². The average molecular weight is 297 g/mol. The zero-order valence-corrected chi connectivity index (χ0v) is 12.8. The average Bonchev–Trinajstić information content (AvgIpc) is 2.69. The Hall–Kier alpha value is -1.03. The van der Waals surface area contributed by atoms with Gasteiger partial charge in [-0.15, -0.1) is 11.3 Å². The van der Waals surface area contributed by atoms with Gasteiger partial charge >= 0.3 is 0 Å². The Morgan fingerprint density at radius 2 is 1.84 bits per heavy atom. The van der Waals surface area contributed by atoms with Gasteiger partial charge in [0.2, 0.25) is 0 Å². The van der Waals surface area contributed by atoms with Crippen molar-refractivity contribution in [2.75, 3.05) is 0 Å². The molecule has 0 saturated heterocycles. The molecule has 0 spiro atoms. The van der Waals surface area contributed by atoms with Crippen LogP contribution in [0.15, 0.2) is 29.6 Å². The zero-order chi connectivity index (χ0) is 14.0. The largest absolute Gasteiger partial charge is 0.491 e. The summed E-state index contributed by atoms with van der Waals surface area (Å²) in [5.74, 6) is 0.805. The maximum absolute atomic E-state index is 10.3. The van der Waals surface area contributed by atoms with Crippen molar-refractivity contribution >= 4 is 22.9 Å². The Morgan fingerprint density at radius 1 is 1.21 bits per heavy atom. The molecular formula is C15H17ClO2S. The number of halogens is 1. The molecule has 0 saturated carbocycles. The molecule has 19 heavy (non-hydrogen) atoms. The second-order valence-corrected chi connectivity index (χ2v) is 6.02. The number of aryl methyl sites for hydroxylation is 1. The summed E-state index contributed by atoms with van der Waals surface area (Å²) in [5.41, 5.74) is 1.82. The molecule has 2 rings (SSSR count). The van der Waals surface area contributed by atoms with Crippen LogP contribution in [0.5, 0.6) is 5.75 Å². The molecular weight excluding hydrogens is 280 g/mol. The van der Waals surface area contributed by atoms with E-state index in [-0.39, 0.29) is 6.10 Å². The predicted octanol–water partition coefficient (Wildman–Crippen LogP) is 4.58.